The molecule has 0 aliphatic heterocycles. The number of anilines is 1. The molecule has 26 heavy (non-hydrogen) atoms. The van der Waals surface area contributed by atoms with Crippen molar-refractivity contribution in [1.29, 1.82) is 0 Å². The average Bonchev–Trinajstić information content (AvgIpc) is 3.00. The Morgan fingerprint density at radius 3 is 2.46 bits per heavy atom. The van der Waals surface area contributed by atoms with Crippen LogP contribution in [-0.4, -0.2) is 36.0 Å². The monoisotopic (exact) mass is 372 g/mol. The first-order valence-electron chi connectivity index (χ1n) is 8.04. The first kappa shape index (κ1) is 17.9. The number of methoxy groups -OCH3 is 1. The van der Waals surface area contributed by atoms with Crippen LogP contribution in [0, 0.1) is 0 Å². The summed E-state index contributed by atoms with van der Waals surface area (Å²) in [5.41, 5.74) is 2.75. The molecule has 0 spiro atoms. The fraction of sp³-hybridized carbons (Fsp3) is 0.222. The predicted molar refractivity (Wildman–Crippen MR) is 101 cm³/mol. The van der Waals surface area contributed by atoms with Gasteiger partial charge in [0, 0.05) is 31.2 Å². The molecule has 0 aliphatic carbocycles. The van der Waals surface area contributed by atoms with Crippen LogP contribution < -0.4 is 9.46 Å². The minimum absolute atomic E-state index is 0.0238. The normalized spacial score (nSPS) is 11.3. The van der Waals surface area contributed by atoms with Crippen molar-refractivity contribution in [3.8, 4) is 17.0 Å². The van der Waals surface area contributed by atoms with E-state index in [1.807, 2.05) is 24.3 Å². The molecular formula is C18H20N4O3S. The summed E-state index contributed by atoms with van der Waals surface area (Å²) in [6.45, 7) is 0. The molecule has 0 aliphatic rings. The molecular weight excluding hydrogens is 352 g/mol. The summed E-state index contributed by atoms with van der Waals surface area (Å²) in [7, 11) is -0.171. The van der Waals surface area contributed by atoms with Gasteiger partial charge in [-0.2, -0.15) is 5.10 Å². The van der Waals surface area contributed by atoms with E-state index in [4.69, 9.17) is 4.74 Å². The second kappa shape index (κ2) is 7.57. The zero-order chi connectivity index (χ0) is 18.6. The van der Waals surface area contributed by atoms with Crippen LogP contribution in [0.4, 0.5) is 5.69 Å². The fourth-order valence-corrected chi connectivity index (χ4v) is 3.64. The van der Waals surface area contributed by atoms with E-state index in [-0.39, 0.29) is 5.75 Å². The molecule has 0 atom stereocenters. The Hall–Kier alpha value is -2.87. The number of benzene rings is 1. The van der Waals surface area contributed by atoms with Crippen LogP contribution in [0.2, 0.25) is 0 Å². The number of aryl methyl sites for hydroxylation is 2. The summed E-state index contributed by atoms with van der Waals surface area (Å²) in [5, 5.41) is 4.35. The molecule has 2 aromatic heterocycles. The van der Waals surface area contributed by atoms with E-state index in [2.05, 4.69) is 14.8 Å². The lowest BCUT2D eigenvalue weighted by Crippen LogP contribution is -2.18. The maximum absolute atomic E-state index is 12.5. The van der Waals surface area contributed by atoms with Gasteiger partial charge in [0.05, 0.1) is 18.6 Å². The second-order valence-corrected chi connectivity index (χ2v) is 7.66. The van der Waals surface area contributed by atoms with Gasteiger partial charge >= 0.3 is 0 Å². The van der Waals surface area contributed by atoms with Crippen LogP contribution in [-0.2, 0) is 23.5 Å². The summed E-state index contributed by atoms with van der Waals surface area (Å²) < 4.78 is 34.3. The summed E-state index contributed by atoms with van der Waals surface area (Å²) in [6.07, 6.45) is 5.35. The molecule has 1 aromatic carbocycles. The van der Waals surface area contributed by atoms with Crippen LogP contribution in [0.3, 0.4) is 0 Å². The van der Waals surface area contributed by atoms with Crippen molar-refractivity contribution in [2.75, 3.05) is 17.6 Å². The molecule has 8 heteroatoms. The number of rotatable bonds is 7. The Morgan fingerprint density at radius 1 is 1.12 bits per heavy atom. The lowest BCUT2D eigenvalue weighted by atomic mass is 10.2. The SMILES string of the molecule is COc1ccc(CCS(=O)(=O)Nc2cn(C)nc2-c2ccncc2)cc1. The Bertz CT molecular complexity index is 967. The van der Waals surface area contributed by atoms with E-state index in [9.17, 15) is 8.42 Å². The van der Waals surface area contributed by atoms with Gasteiger partial charge in [-0.3, -0.25) is 14.4 Å². The smallest absolute Gasteiger partial charge is 0.233 e. The zero-order valence-electron chi connectivity index (χ0n) is 14.6. The topological polar surface area (TPSA) is 86.1 Å². The van der Waals surface area contributed by atoms with Gasteiger partial charge in [-0.25, -0.2) is 8.42 Å². The van der Waals surface area contributed by atoms with Gasteiger partial charge in [-0.05, 0) is 36.2 Å². The molecule has 0 bridgehead atoms. The van der Waals surface area contributed by atoms with Gasteiger partial charge in [-0.15, -0.1) is 0 Å². The maximum Gasteiger partial charge on any atom is 0.233 e. The van der Waals surface area contributed by atoms with E-state index < -0.39 is 10.0 Å². The second-order valence-electron chi connectivity index (χ2n) is 5.82. The third kappa shape index (κ3) is 4.40. The fourth-order valence-electron chi connectivity index (χ4n) is 2.55. The number of aromatic nitrogens is 3. The van der Waals surface area contributed by atoms with E-state index in [1.165, 1.54) is 0 Å². The van der Waals surface area contributed by atoms with Crippen LogP contribution in [0.25, 0.3) is 11.3 Å². The quantitative estimate of drug-likeness (QED) is 0.689. The predicted octanol–water partition coefficient (Wildman–Crippen LogP) is 2.48. The number of nitrogens with zero attached hydrogens (tertiary/aromatic N) is 3. The zero-order valence-corrected chi connectivity index (χ0v) is 15.4. The van der Waals surface area contributed by atoms with Crippen molar-refractivity contribution in [2.45, 2.75) is 6.42 Å². The number of hydrogen-bond donors (Lipinski definition) is 1. The molecule has 3 rings (SSSR count). The number of hydrogen-bond acceptors (Lipinski definition) is 5. The van der Waals surface area contributed by atoms with Crippen LogP contribution in [0.1, 0.15) is 5.56 Å². The van der Waals surface area contributed by atoms with E-state index in [1.54, 1.807) is 49.6 Å². The highest BCUT2D eigenvalue weighted by Crippen LogP contribution is 2.26. The lowest BCUT2D eigenvalue weighted by Gasteiger charge is -2.08. The molecule has 3 aromatic rings. The molecule has 1 N–H and O–H groups in total. The minimum atomic E-state index is -3.52. The lowest BCUT2D eigenvalue weighted by molar-refractivity contribution is 0.414. The highest BCUT2D eigenvalue weighted by molar-refractivity contribution is 7.92. The molecule has 0 saturated carbocycles. The highest BCUT2D eigenvalue weighted by atomic mass is 32.2. The van der Waals surface area contributed by atoms with E-state index in [0.717, 1.165) is 16.9 Å². The molecule has 2 heterocycles. The van der Waals surface area contributed by atoms with Crippen molar-refractivity contribution >= 4 is 15.7 Å². The van der Waals surface area contributed by atoms with E-state index >= 15 is 0 Å². The third-order valence-electron chi connectivity index (χ3n) is 3.87. The summed E-state index contributed by atoms with van der Waals surface area (Å²) in [4.78, 5) is 3.98. The van der Waals surface area contributed by atoms with Gasteiger partial charge in [0.15, 0.2) is 0 Å². The standard InChI is InChI=1S/C18H20N4O3S/c1-22-13-17(18(20-22)15-7-10-19-11-8-15)21-26(23,24)12-9-14-3-5-16(25-2)6-4-14/h3-8,10-11,13,21H,9,12H2,1-2H3. The molecule has 0 fully saturated rings. The Balaban J connectivity index is 1.73. The van der Waals surface area contributed by atoms with E-state index in [0.29, 0.717) is 17.8 Å². The van der Waals surface area contributed by atoms with Gasteiger partial charge < -0.3 is 4.74 Å². The number of pyridine rings is 1. The van der Waals surface area contributed by atoms with Gasteiger partial charge in [0.2, 0.25) is 10.0 Å². The van der Waals surface area contributed by atoms with Crippen molar-refractivity contribution < 1.29 is 13.2 Å². The summed E-state index contributed by atoms with van der Waals surface area (Å²) in [6, 6.07) is 10.9. The first-order chi connectivity index (χ1) is 12.5. The first-order valence-corrected chi connectivity index (χ1v) is 9.69. The average molecular weight is 372 g/mol. The summed E-state index contributed by atoms with van der Waals surface area (Å²) in [5.74, 6) is 0.719. The van der Waals surface area contributed by atoms with Gasteiger partial charge in [-0.1, -0.05) is 12.1 Å². The van der Waals surface area contributed by atoms with Crippen LogP contribution in [0.5, 0.6) is 5.75 Å². The van der Waals surface area contributed by atoms with Crippen molar-refractivity contribution in [1.82, 2.24) is 14.8 Å². The van der Waals surface area contributed by atoms with Crippen molar-refractivity contribution in [3.05, 3.63) is 60.6 Å². The molecule has 0 unspecified atom stereocenters. The van der Waals surface area contributed by atoms with Crippen molar-refractivity contribution in [2.24, 2.45) is 7.05 Å². The van der Waals surface area contributed by atoms with Crippen molar-refractivity contribution in [3.63, 3.8) is 0 Å². The Labute approximate surface area is 152 Å². The molecule has 0 saturated heterocycles. The highest BCUT2D eigenvalue weighted by Gasteiger charge is 2.17. The number of sulfonamides is 1. The Kier molecular flexibility index (Phi) is 5.22. The molecule has 0 radical (unpaired) electrons. The molecule has 0 amide bonds. The summed E-state index contributed by atoms with van der Waals surface area (Å²) >= 11 is 0. The molecule has 136 valence electrons. The van der Waals surface area contributed by atoms with Gasteiger partial charge in [0.25, 0.3) is 0 Å². The largest absolute Gasteiger partial charge is 0.497 e. The van der Waals surface area contributed by atoms with Crippen LogP contribution >= 0.6 is 0 Å². The van der Waals surface area contributed by atoms with Gasteiger partial charge in [0.1, 0.15) is 11.4 Å². The number of nitrogens with one attached hydrogen (secondary N) is 1. The number of ether oxygens (including phenoxy) is 1. The minimum Gasteiger partial charge on any atom is -0.497 e. The Morgan fingerprint density at radius 2 is 1.81 bits per heavy atom. The maximum atomic E-state index is 12.5. The van der Waals surface area contributed by atoms with Crippen LogP contribution in [0.15, 0.2) is 55.0 Å². The molecule has 7 nitrogen and oxygen atoms in total. The third-order valence-corrected chi connectivity index (χ3v) is 5.14.